The van der Waals surface area contributed by atoms with E-state index < -0.39 is 0 Å². The van der Waals surface area contributed by atoms with Crippen molar-refractivity contribution < 1.29 is 9.90 Å². The maximum Gasteiger partial charge on any atom is 0.280 e. The number of carbonyl (C=O) groups is 1. The van der Waals surface area contributed by atoms with Crippen LogP contribution in [0.3, 0.4) is 0 Å². The van der Waals surface area contributed by atoms with Gasteiger partial charge in [0.2, 0.25) is 0 Å². The van der Waals surface area contributed by atoms with Crippen molar-refractivity contribution in [1.29, 1.82) is 0 Å². The van der Waals surface area contributed by atoms with Crippen LogP contribution in [0.25, 0.3) is 11.3 Å². The highest BCUT2D eigenvalue weighted by atomic mass is 16.3. The molecule has 5 heteroatoms. The Hall–Kier alpha value is -3.21. The topological polar surface area (TPSA) is 78.3 Å². The molecule has 0 fully saturated rings. The molecular formula is C17H11N3O2. The number of aromatic nitrogens is 2. The SMILES string of the molecule is O=C1N=C(c2ccccc2)c2c(O)[nH]c(-c3cccnc3)c21. The average Bonchev–Trinajstić information content (AvgIpc) is 3.09. The van der Waals surface area contributed by atoms with E-state index >= 15 is 0 Å². The van der Waals surface area contributed by atoms with Crippen molar-refractivity contribution in [2.75, 3.05) is 0 Å². The molecule has 1 aromatic carbocycles. The summed E-state index contributed by atoms with van der Waals surface area (Å²) < 4.78 is 0. The number of rotatable bonds is 2. The lowest BCUT2D eigenvalue weighted by molar-refractivity contribution is 0.101. The van der Waals surface area contributed by atoms with Gasteiger partial charge in [-0.25, -0.2) is 4.99 Å². The van der Waals surface area contributed by atoms with Crippen LogP contribution in [0.1, 0.15) is 21.5 Å². The minimum atomic E-state index is -0.357. The van der Waals surface area contributed by atoms with E-state index in [2.05, 4.69) is 15.0 Å². The number of hydrogen-bond donors (Lipinski definition) is 2. The lowest BCUT2D eigenvalue weighted by atomic mass is 10.0. The van der Waals surface area contributed by atoms with E-state index in [1.54, 1.807) is 18.5 Å². The van der Waals surface area contributed by atoms with Gasteiger partial charge in [-0.1, -0.05) is 30.3 Å². The summed E-state index contributed by atoms with van der Waals surface area (Å²) in [5, 5.41) is 10.3. The van der Waals surface area contributed by atoms with E-state index in [1.165, 1.54) is 0 Å². The van der Waals surface area contributed by atoms with Crippen LogP contribution in [0.5, 0.6) is 5.88 Å². The molecule has 2 aromatic heterocycles. The zero-order valence-corrected chi connectivity index (χ0v) is 11.4. The molecule has 0 spiro atoms. The fourth-order valence-electron chi connectivity index (χ4n) is 2.68. The van der Waals surface area contributed by atoms with Crippen LogP contribution in [0.4, 0.5) is 0 Å². The molecular weight excluding hydrogens is 278 g/mol. The molecule has 22 heavy (non-hydrogen) atoms. The molecule has 0 radical (unpaired) electrons. The predicted molar refractivity (Wildman–Crippen MR) is 82.1 cm³/mol. The molecule has 0 unspecified atom stereocenters. The summed E-state index contributed by atoms with van der Waals surface area (Å²) in [4.78, 5) is 23.4. The van der Waals surface area contributed by atoms with Gasteiger partial charge >= 0.3 is 0 Å². The predicted octanol–water partition coefficient (Wildman–Crippen LogP) is 2.77. The van der Waals surface area contributed by atoms with Crippen LogP contribution in [0, 0.1) is 0 Å². The van der Waals surface area contributed by atoms with Crippen LogP contribution in [-0.4, -0.2) is 26.7 Å². The van der Waals surface area contributed by atoms with Crippen LogP contribution in [0.2, 0.25) is 0 Å². The Morgan fingerprint density at radius 2 is 1.73 bits per heavy atom. The van der Waals surface area contributed by atoms with Gasteiger partial charge in [0.15, 0.2) is 5.88 Å². The van der Waals surface area contributed by atoms with Gasteiger partial charge in [0.1, 0.15) is 0 Å². The van der Waals surface area contributed by atoms with Crippen LogP contribution >= 0.6 is 0 Å². The summed E-state index contributed by atoms with van der Waals surface area (Å²) >= 11 is 0. The highest BCUT2D eigenvalue weighted by Crippen LogP contribution is 2.37. The number of carbonyl (C=O) groups excluding carboxylic acids is 1. The average molecular weight is 289 g/mol. The quantitative estimate of drug-likeness (QED) is 0.761. The van der Waals surface area contributed by atoms with Gasteiger partial charge in [-0.2, -0.15) is 0 Å². The van der Waals surface area contributed by atoms with E-state index in [4.69, 9.17) is 0 Å². The number of aliphatic imine (C=N–C) groups is 1. The molecule has 0 saturated carbocycles. The number of hydrogen-bond acceptors (Lipinski definition) is 3. The molecule has 0 aliphatic carbocycles. The van der Waals surface area contributed by atoms with E-state index in [0.29, 0.717) is 22.5 Å². The number of H-pyrrole nitrogens is 1. The van der Waals surface area contributed by atoms with Crippen molar-refractivity contribution >= 4 is 11.6 Å². The first-order valence-electron chi connectivity index (χ1n) is 6.80. The minimum Gasteiger partial charge on any atom is -0.494 e. The van der Waals surface area contributed by atoms with Crippen molar-refractivity contribution in [3.05, 3.63) is 71.5 Å². The fraction of sp³-hybridized carbons (Fsp3) is 0. The Morgan fingerprint density at radius 1 is 0.955 bits per heavy atom. The standard InChI is InChI=1S/C17H11N3O2/c21-16-12-13(15(20-16)11-7-4-8-18-9-11)17(22)19-14(12)10-5-2-1-3-6-10/h1-9,20-21H. The second kappa shape index (κ2) is 4.66. The summed E-state index contributed by atoms with van der Waals surface area (Å²) in [7, 11) is 0. The number of aromatic amines is 1. The number of benzene rings is 1. The molecule has 106 valence electrons. The van der Waals surface area contributed by atoms with E-state index in [9.17, 15) is 9.90 Å². The third kappa shape index (κ3) is 1.76. The Kier molecular flexibility index (Phi) is 2.66. The Balaban J connectivity index is 1.92. The van der Waals surface area contributed by atoms with Gasteiger partial charge < -0.3 is 10.1 Å². The number of pyridine rings is 1. The van der Waals surface area contributed by atoms with Gasteiger partial charge in [0.05, 0.1) is 22.5 Å². The van der Waals surface area contributed by atoms with Crippen molar-refractivity contribution in [2.24, 2.45) is 4.99 Å². The largest absolute Gasteiger partial charge is 0.494 e. The van der Waals surface area contributed by atoms with Crippen LogP contribution in [0.15, 0.2) is 59.9 Å². The number of aromatic hydroxyl groups is 1. The molecule has 1 amide bonds. The van der Waals surface area contributed by atoms with Crippen LogP contribution < -0.4 is 0 Å². The first-order valence-corrected chi connectivity index (χ1v) is 6.80. The van der Waals surface area contributed by atoms with Crippen molar-refractivity contribution in [2.45, 2.75) is 0 Å². The minimum absolute atomic E-state index is 0.0534. The molecule has 0 bridgehead atoms. The Bertz CT molecular complexity index is 896. The Labute approximate surface area is 126 Å². The first-order chi connectivity index (χ1) is 10.8. The lowest BCUT2D eigenvalue weighted by Crippen LogP contribution is -1.99. The highest BCUT2D eigenvalue weighted by molar-refractivity contribution is 6.30. The zero-order chi connectivity index (χ0) is 15.1. The normalized spacial score (nSPS) is 13.1. The lowest BCUT2D eigenvalue weighted by Gasteiger charge is -2.00. The van der Waals surface area contributed by atoms with Crippen molar-refractivity contribution in [3.63, 3.8) is 0 Å². The molecule has 3 aromatic rings. The van der Waals surface area contributed by atoms with Gasteiger partial charge in [0.25, 0.3) is 5.91 Å². The number of fused-ring (bicyclic) bond motifs is 1. The number of amides is 1. The summed E-state index contributed by atoms with van der Waals surface area (Å²) in [5.74, 6) is -0.411. The number of nitrogens with zero attached hydrogens (tertiary/aromatic N) is 2. The van der Waals surface area contributed by atoms with Crippen molar-refractivity contribution in [3.8, 4) is 17.1 Å². The maximum absolute atomic E-state index is 12.3. The van der Waals surface area contributed by atoms with Gasteiger partial charge in [-0.15, -0.1) is 0 Å². The molecule has 0 atom stereocenters. The molecule has 1 aliphatic heterocycles. The van der Waals surface area contributed by atoms with Gasteiger partial charge in [0, 0.05) is 23.5 Å². The summed E-state index contributed by atoms with van der Waals surface area (Å²) in [6.07, 6.45) is 3.29. The molecule has 2 N–H and O–H groups in total. The molecule has 1 aliphatic rings. The second-order valence-corrected chi connectivity index (χ2v) is 4.97. The fourth-order valence-corrected chi connectivity index (χ4v) is 2.68. The summed E-state index contributed by atoms with van der Waals surface area (Å²) in [5.41, 5.74) is 3.41. The van der Waals surface area contributed by atoms with E-state index in [1.807, 2.05) is 36.4 Å². The second-order valence-electron chi connectivity index (χ2n) is 4.97. The molecule has 0 saturated heterocycles. The Morgan fingerprint density at radius 3 is 2.45 bits per heavy atom. The van der Waals surface area contributed by atoms with Crippen LogP contribution in [-0.2, 0) is 0 Å². The highest BCUT2D eigenvalue weighted by Gasteiger charge is 2.33. The third-order valence-corrected chi connectivity index (χ3v) is 3.64. The molecule has 5 nitrogen and oxygen atoms in total. The van der Waals surface area contributed by atoms with E-state index in [0.717, 1.165) is 11.1 Å². The molecule has 3 heterocycles. The summed E-state index contributed by atoms with van der Waals surface area (Å²) in [6.45, 7) is 0. The van der Waals surface area contributed by atoms with Crippen molar-refractivity contribution in [1.82, 2.24) is 9.97 Å². The van der Waals surface area contributed by atoms with Gasteiger partial charge in [-0.3, -0.25) is 9.78 Å². The monoisotopic (exact) mass is 289 g/mol. The third-order valence-electron chi connectivity index (χ3n) is 3.64. The van der Waals surface area contributed by atoms with E-state index in [-0.39, 0.29) is 11.8 Å². The summed E-state index contributed by atoms with van der Waals surface area (Å²) in [6, 6.07) is 12.9. The van der Waals surface area contributed by atoms with Gasteiger partial charge in [-0.05, 0) is 12.1 Å². The zero-order valence-electron chi connectivity index (χ0n) is 11.4. The number of nitrogens with one attached hydrogen (secondary N) is 1. The molecule has 4 rings (SSSR count). The smallest absolute Gasteiger partial charge is 0.280 e. The first kappa shape index (κ1) is 12.5. The maximum atomic E-state index is 12.3.